The molecule has 1 fully saturated rings. The first-order chi connectivity index (χ1) is 8.49. The van der Waals surface area contributed by atoms with Gasteiger partial charge in [0.2, 0.25) is 0 Å². The third kappa shape index (κ3) is 3.23. The van der Waals surface area contributed by atoms with Gasteiger partial charge >= 0.3 is 0 Å². The van der Waals surface area contributed by atoms with Gasteiger partial charge in [-0.15, -0.1) is 0 Å². The van der Waals surface area contributed by atoms with Crippen LogP contribution in [0.25, 0.3) is 0 Å². The van der Waals surface area contributed by atoms with Gasteiger partial charge < -0.3 is 5.32 Å². The minimum Gasteiger partial charge on any atom is -0.351 e. The number of halogens is 1. The van der Waals surface area contributed by atoms with Gasteiger partial charge in [-0.05, 0) is 53.6 Å². The van der Waals surface area contributed by atoms with Crippen molar-refractivity contribution in [2.45, 2.75) is 18.1 Å². The number of nitrogens with one attached hydrogen (secondary N) is 1. The molecule has 0 bridgehead atoms. The van der Waals surface area contributed by atoms with Crippen LogP contribution in [0.15, 0.2) is 24.3 Å². The molecule has 1 unspecified atom stereocenters. The van der Waals surface area contributed by atoms with Crippen LogP contribution in [0.5, 0.6) is 0 Å². The highest BCUT2D eigenvalue weighted by Crippen LogP contribution is 2.19. The van der Waals surface area contributed by atoms with Gasteiger partial charge in [-0.25, -0.2) is 8.42 Å². The summed E-state index contributed by atoms with van der Waals surface area (Å²) in [5.74, 6) is 0.0344. The minimum atomic E-state index is -2.99. The lowest BCUT2D eigenvalue weighted by Gasteiger charge is -2.10. The van der Waals surface area contributed by atoms with Crippen molar-refractivity contribution in [2.75, 3.05) is 12.3 Å². The Morgan fingerprint density at radius 3 is 2.83 bits per heavy atom. The molecule has 0 spiro atoms. The van der Waals surface area contributed by atoms with E-state index in [-0.39, 0.29) is 18.2 Å². The molecule has 1 heterocycles. The molecule has 1 aliphatic rings. The second-order valence-electron chi connectivity index (χ2n) is 4.35. The van der Waals surface area contributed by atoms with Gasteiger partial charge in [-0.1, -0.05) is 6.07 Å². The molecular weight excluding hydrogens is 365 g/mol. The first-order valence-corrected chi connectivity index (χ1v) is 8.54. The highest BCUT2D eigenvalue weighted by Gasteiger charge is 2.31. The fourth-order valence-corrected chi connectivity index (χ4v) is 4.33. The quantitative estimate of drug-likeness (QED) is 0.812. The Morgan fingerprint density at radius 1 is 1.44 bits per heavy atom. The summed E-state index contributed by atoms with van der Waals surface area (Å²) in [7, 11) is -2.99. The van der Waals surface area contributed by atoms with Gasteiger partial charge in [-0.2, -0.15) is 0 Å². The summed E-state index contributed by atoms with van der Waals surface area (Å²) in [5, 5.41) is 2.29. The average Bonchev–Trinajstić information content (AvgIpc) is 2.65. The second-order valence-corrected chi connectivity index (χ2v) is 8.00. The Kier molecular flexibility index (Phi) is 4.26. The van der Waals surface area contributed by atoms with E-state index in [1.54, 1.807) is 12.1 Å². The number of amides is 1. The summed E-state index contributed by atoms with van der Waals surface area (Å²) in [6.07, 6.45) is 1.35. The summed E-state index contributed by atoms with van der Waals surface area (Å²) in [6.45, 7) is 0.215. The maximum absolute atomic E-state index is 11.9. The zero-order chi connectivity index (χ0) is 13.2. The maximum Gasteiger partial charge on any atom is 0.251 e. The fraction of sp³-hybridized carbons (Fsp3) is 0.417. The molecule has 6 heteroatoms. The van der Waals surface area contributed by atoms with Crippen LogP contribution in [0, 0.1) is 3.57 Å². The van der Waals surface area contributed by atoms with Gasteiger partial charge in [-0.3, -0.25) is 4.79 Å². The molecule has 1 aromatic rings. The molecular formula is C12H14INO3S. The zero-order valence-electron chi connectivity index (χ0n) is 9.73. The normalized spacial score (nSPS) is 21.7. The molecule has 98 valence electrons. The largest absolute Gasteiger partial charge is 0.351 e. The van der Waals surface area contributed by atoms with E-state index in [9.17, 15) is 13.2 Å². The number of benzene rings is 1. The van der Waals surface area contributed by atoms with Crippen molar-refractivity contribution in [3.05, 3.63) is 33.4 Å². The molecule has 1 amide bonds. The number of sulfone groups is 1. The van der Waals surface area contributed by atoms with Crippen molar-refractivity contribution >= 4 is 38.3 Å². The van der Waals surface area contributed by atoms with Crippen LogP contribution in [0.3, 0.4) is 0 Å². The van der Waals surface area contributed by atoms with Gasteiger partial charge in [0.15, 0.2) is 9.84 Å². The monoisotopic (exact) mass is 379 g/mol. The SMILES string of the molecule is O=C(NCC1CCCS1(=O)=O)c1cccc(I)c1. The molecule has 1 saturated heterocycles. The van der Waals surface area contributed by atoms with E-state index in [0.717, 1.165) is 3.57 Å². The van der Waals surface area contributed by atoms with E-state index in [4.69, 9.17) is 0 Å². The molecule has 0 saturated carbocycles. The van der Waals surface area contributed by atoms with E-state index in [1.165, 1.54) is 0 Å². The van der Waals surface area contributed by atoms with Crippen LogP contribution in [0.1, 0.15) is 23.2 Å². The maximum atomic E-state index is 11.9. The topological polar surface area (TPSA) is 63.2 Å². The molecule has 1 N–H and O–H groups in total. The van der Waals surface area contributed by atoms with Crippen LogP contribution < -0.4 is 5.32 Å². The smallest absolute Gasteiger partial charge is 0.251 e. The summed E-state index contributed by atoms with van der Waals surface area (Å²) < 4.78 is 24.2. The van der Waals surface area contributed by atoms with Crippen molar-refractivity contribution in [1.82, 2.24) is 5.32 Å². The van der Waals surface area contributed by atoms with Gasteiger partial charge in [0, 0.05) is 15.7 Å². The highest BCUT2D eigenvalue weighted by atomic mass is 127. The van der Waals surface area contributed by atoms with Gasteiger partial charge in [0.25, 0.3) is 5.91 Å². The number of hydrogen-bond acceptors (Lipinski definition) is 3. The first kappa shape index (κ1) is 13.8. The Morgan fingerprint density at radius 2 is 2.22 bits per heavy atom. The molecule has 18 heavy (non-hydrogen) atoms. The van der Waals surface area contributed by atoms with Crippen molar-refractivity contribution in [2.24, 2.45) is 0 Å². The predicted octanol–water partition coefficient (Wildman–Crippen LogP) is 1.60. The Balaban J connectivity index is 1.97. The highest BCUT2D eigenvalue weighted by molar-refractivity contribution is 14.1. The average molecular weight is 379 g/mol. The molecule has 0 radical (unpaired) electrons. The third-order valence-corrected chi connectivity index (χ3v) is 5.99. The summed E-state index contributed by atoms with van der Waals surface area (Å²) in [6, 6.07) is 7.21. The third-order valence-electron chi connectivity index (χ3n) is 3.04. The number of carbonyl (C=O) groups excluding carboxylic acids is 1. The van der Waals surface area contributed by atoms with Crippen LogP contribution in [0.4, 0.5) is 0 Å². The molecule has 4 nitrogen and oxygen atoms in total. The number of carbonyl (C=O) groups is 1. The van der Waals surface area contributed by atoms with E-state index >= 15 is 0 Å². The lowest BCUT2D eigenvalue weighted by Crippen LogP contribution is -2.34. The molecule has 0 aromatic heterocycles. The van der Waals surface area contributed by atoms with Crippen LogP contribution in [0.2, 0.25) is 0 Å². The number of rotatable bonds is 3. The van der Waals surface area contributed by atoms with E-state index in [2.05, 4.69) is 27.9 Å². The van der Waals surface area contributed by atoms with Crippen LogP contribution in [-0.4, -0.2) is 31.9 Å². The number of hydrogen-bond donors (Lipinski definition) is 1. The molecule has 1 aromatic carbocycles. The van der Waals surface area contributed by atoms with E-state index < -0.39 is 15.1 Å². The zero-order valence-corrected chi connectivity index (χ0v) is 12.7. The lowest BCUT2D eigenvalue weighted by molar-refractivity contribution is 0.0953. The predicted molar refractivity (Wildman–Crippen MR) is 78.3 cm³/mol. The van der Waals surface area contributed by atoms with E-state index in [1.807, 2.05) is 12.1 Å². The fourth-order valence-electron chi connectivity index (χ4n) is 2.03. The first-order valence-electron chi connectivity index (χ1n) is 5.74. The van der Waals surface area contributed by atoms with Crippen LogP contribution in [-0.2, 0) is 9.84 Å². The van der Waals surface area contributed by atoms with Crippen molar-refractivity contribution in [3.63, 3.8) is 0 Å². The Labute approximate surface area is 120 Å². The van der Waals surface area contributed by atoms with Crippen LogP contribution >= 0.6 is 22.6 Å². The van der Waals surface area contributed by atoms with Crippen molar-refractivity contribution in [1.29, 1.82) is 0 Å². The van der Waals surface area contributed by atoms with E-state index in [0.29, 0.717) is 18.4 Å². The summed E-state index contributed by atoms with van der Waals surface area (Å²) in [5.41, 5.74) is 0.567. The molecule has 1 atom stereocenters. The molecule has 0 aliphatic carbocycles. The molecule has 2 rings (SSSR count). The lowest BCUT2D eigenvalue weighted by atomic mass is 10.2. The minimum absolute atomic E-state index is 0.212. The Hall–Kier alpha value is -0.630. The van der Waals surface area contributed by atoms with Crippen molar-refractivity contribution in [3.8, 4) is 0 Å². The molecule has 1 aliphatic heterocycles. The van der Waals surface area contributed by atoms with Gasteiger partial charge in [0.1, 0.15) is 0 Å². The van der Waals surface area contributed by atoms with Gasteiger partial charge in [0.05, 0.1) is 11.0 Å². The summed E-state index contributed by atoms with van der Waals surface area (Å²) in [4.78, 5) is 11.9. The second kappa shape index (κ2) is 5.56. The summed E-state index contributed by atoms with van der Waals surface area (Å²) >= 11 is 2.13. The Bertz CT molecular complexity index is 556. The van der Waals surface area contributed by atoms with Crippen molar-refractivity contribution < 1.29 is 13.2 Å². The standard InChI is InChI=1S/C12H14INO3S/c13-10-4-1-3-9(7-10)12(15)14-8-11-5-2-6-18(11,16)17/h1,3-4,7,11H,2,5-6,8H2,(H,14,15).